The van der Waals surface area contributed by atoms with Crippen molar-refractivity contribution >= 4 is 31.9 Å². The van der Waals surface area contributed by atoms with Crippen LogP contribution in [0.4, 0.5) is 0 Å². The van der Waals surface area contributed by atoms with Gasteiger partial charge in [0.1, 0.15) is 5.75 Å². The van der Waals surface area contributed by atoms with Crippen molar-refractivity contribution in [3.8, 4) is 5.75 Å². The van der Waals surface area contributed by atoms with Crippen molar-refractivity contribution in [2.45, 2.75) is 32.0 Å². The summed E-state index contributed by atoms with van der Waals surface area (Å²) in [6.45, 7) is 6.75. The molecule has 3 heteroatoms. The van der Waals surface area contributed by atoms with Crippen molar-refractivity contribution in [3.63, 3.8) is 0 Å². The highest BCUT2D eigenvalue weighted by Gasteiger charge is 2.27. The number of benzene rings is 1. The van der Waals surface area contributed by atoms with Crippen LogP contribution < -0.4 is 4.74 Å². The minimum absolute atomic E-state index is 0.244. The van der Waals surface area contributed by atoms with Gasteiger partial charge in [0.2, 0.25) is 0 Å². The van der Waals surface area contributed by atoms with E-state index < -0.39 is 0 Å². The monoisotopic (exact) mass is 348 g/mol. The van der Waals surface area contributed by atoms with E-state index >= 15 is 0 Å². The quantitative estimate of drug-likeness (QED) is 0.667. The van der Waals surface area contributed by atoms with E-state index in [2.05, 4.69) is 64.8 Å². The van der Waals surface area contributed by atoms with Gasteiger partial charge in [-0.05, 0) is 45.5 Å². The van der Waals surface area contributed by atoms with E-state index in [9.17, 15) is 0 Å². The zero-order chi connectivity index (χ0) is 12.3. The first-order valence-electron chi connectivity index (χ1n) is 5.40. The third-order valence-corrected chi connectivity index (χ3v) is 5.45. The first kappa shape index (κ1) is 14.0. The Balaban J connectivity index is 3.02. The summed E-state index contributed by atoms with van der Waals surface area (Å²) in [6.07, 6.45) is 1.13. The lowest BCUT2D eigenvalue weighted by Gasteiger charge is -2.29. The second kappa shape index (κ2) is 5.54. The van der Waals surface area contributed by atoms with Gasteiger partial charge in [-0.25, -0.2) is 0 Å². The van der Waals surface area contributed by atoms with Crippen molar-refractivity contribution in [1.29, 1.82) is 0 Å². The molecule has 0 amide bonds. The largest absolute Gasteiger partial charge is 0.496 e. The van der Waals surface area contributed by atoms with Crippen LogP contribution in [0.5, 0.6) is 5.75 Å². The van der Waals surface area contributed by atoms with Gasteiger partial charge in [-0.2, -0.15) is 0 Å². The summed E-state index contributed by atoms with van der Waals surface area (Å²) in [4.78, 5) is 0.354. The Hall–Kier alpha value is -0.0200. The SMILES string of the molecule is CCC(C)(C)C(Br)c1ccc(OC)c(Br)c1. The van der Waals surface area contributed by atoms with Gasteiger partial charge >= 0.3 is 0 Å². The van der Waals surface area contributed by atoms with Crippen molar-refractivity contribution in [1.82, 2.24) is 0 Å². The number of hydrogen-bond donors (Lipinski definition) is 0. The molecule has 1 rings (SSSR count). The lowest BCUT2D eigenvalue weighted by molar-refractivity contribution is 0.345. The van der Waals surface area contributed by atoms with E-state index in [1.807, 2.05) is 6.07 Å². The van der Waals surface area contributed by atoms with Crippen molar-refractivity contribution in [3.05, 3.63) is 28.2 Å². The Morgan fingerprint density at radius 1 is 1.38 bits per heavy atom. The van der Waals surface area contributed by atoms with E-state index in [-0.39, 0.29) is 5.41 Å². The minimum atomic E-state index is 0.244. The fourth-order valence-corrected chi connectivity index (χ4v) is 2.64. The maximum absolute atomic E-state index is 5.23. The molecule has 0 saturated carbocycles. The van der Waals surface area contributed by atoms with Gasteiger partial charge in [-0.3, -0.25) is 0 Å². The summed E-state index contributed by atoms with van der Waals surface area (Å²) in [5.74, 6) is 0.873. The first-order chi connectivity index (χ1) is 7.42. The number of ether oxygens (including phenoxy) is 1. The van der Waals surface area contributed by atoms with Crippen molar-refractivity contribution in [2.75, 3.05) is 7.11 Å². The molecule has 0 aliphatic heterocycles. The summed E-state index contributed by atoms with van der Waals surface area (Å²) in [5.41, 5.74) is 1.52. The molecule has 0 aliphatic carbocycles. The van der Waals surface area contributed by atoms with Crippen LogP contribution in [0.2, 0.25) is 0 Å². The van der Waals surface area contributed by atoms with E-state index in [4.69, 9.17) is 4.74 Å². The molecule has 0 saturated heterocycles. The summed E-state index contributed by atoms with van der Waals surface area (Å²) < 4.78 is 6.23. The fourth-order valence-electron chi connectivity index (χ4n) is 1.47. The topological polar surface area (TPSA) is 9.23 Å². The number of halogens is 2. The molecule has 0 radical (unpaired) electrons. The maximum atomic E-state index is 5.23. The second-order valence-electron chi connectivity index (χ2n) is 4.60. The fraction of sp³-hybridized carbons (Fsp3) is 0.538. The molecule has 16 heavy (non-hydrogen) atoms. The van der Waals surface area contributed by atoms with Crippen LogP contribution >= 0.6 is 31.9 Å². The van der Waals surface area contributed by atoms with Gasteiger partial charge in [0.05, 0.1) is 11.6 Å². The summed E-state index contributed by atoms with van der Waals surface area (Å²) in [6, 6.07) is 6.23. The molecule has 0 heterocycles. The Kier molecular flexibility index (Phi) is 4.87. The zero-order valence-corrected chi connectivity index (χ0v) is 13.4. The van der Waals surface area contributed by atoms with Crippen LogP contribution in [0.25, 0.3) is 0 Å². The highest BCUT2D eigenvalue weighted by Crippen LogP contribution is 2.44. The number of rotatable bonds is 4. The molecule has 1 nitrogen and oxygen atoms in total. The van der Waals surface area contributed by atoms with Crippen LogP contribution in [-0.4, -0.2) is 7.11 Å². The van der Waals surface area contributed by atoms with Gasteiger partial charge < -0.3 is 4.74 Å². The normalized spacial score (nSPS) is 13.6. The predicted octanol–water partition coefficient (Wildman–Crippen LogP) is 5.33. The molecule has 0 fully saturated rings. The third kappa shape index (κ3) is 3.01. The van der Waals surface area contributed by atoms with Gasteiger partial charge in [0.15, 0.2) is 0 Å². The zero-order valence-electron chi connectivity index (χ0n) is 10.2. The highest BCUT2D eigenvalue weighted by atomic mass is 79.9. The molecule has 1 unspecified atom stereocenters. The maximum Gasteiger partial charge on any atom is 0.133 e. The molecule has 0 spiro atoms. The number of alkyl halides is 1. The average Bonchev–Trinajstić information content (AvgIpc) is 2.27. The summed E-state index contributed by atoms with van der Waals surface area (Å²) in [7, 11) is 1.68. The summed E-state index contributed by atoms with van der Waals surface area (Å²) in [5, 5.41) is 0. The van der Waals surface area contributed by atoms with Crippen LogP contribution in [0.1, 0.15) is 37.6 Å². The molecule has 0 aromatic heterocycles. The molecule has 90 valence electrons. The summed E-state index contributed by atoms with van der Waals surface area (Å²) >= 11 is 7.31. The Bertz CT molecular complexity index is 361. The first-order valence-corrected chi connectivity index (χ1v) is 7.10. The van der Waals surface area contributed by atoms with E-state index in [0.29, 0.717) is 4.83 Å². The van der Waals surface area contributed by atoms with E-state index in [1.165, 1.54) is 5.56 Å². The Labute approximate surface area is 115 Å². The van der Waals surface area contributed by atoms with Crippen LogP contribution in [0.3, 0.4) is 0 Å². The van der Waals surface area contributed by atoms with Crippen LogP contribution in [-0.2, 0) is 0 Å². The van der Waals surface area contributed by atoms with Gasteiger partial charge in [0, 0.05) is 4.83 Å². The number of hydrogen-bond acceptors (Lipinski definition) is 1. The molecule has 1 aromatic carbocycles. The molecular weight excluding hydrogens is 332 g/mol. The minimum Gasteiger partial charge on any atom is -0.496 e. The molecule has 1 atom stereocenters. The third-order valence-electron chi connectivity index (χ3n) is 3.07. The molecular formula is C13H18Br2O. The molecule has 0 bridgehead atoms. The smallest absolute Gasteiger partial charge is 0.133 e. The van der Waals surface area contributed by atoms with Crippen LogP contribution in [0.15, 0.2) is 22.7 Å². The Morgan fingerprint density at radius 2 is 2.00 bits per heavy atom. The van der Waals surface area contributed by atoms with E-state index in [0.717, 1.165) is 16.6 Å². The second-order valence-corrected chi connectivity index (χ2v) is 6.37. The average molecular weight is 350 g/mol. The van der Waals surface area contributed by atoms with Crippen molar-refractivity contribution in [2.24, 2.45) is 5.41 Å². The van der Waals surface area contributed by atoms with Gasteiger partial charge in [-0.15, -0.1) is 0 Å². The molecule has 0 N–H and O–H groups in total. The predicted molar refractivity (Wildman–Crippen MR) is 76.4 cm³/mol. The number of methoxy groups -OCH3 is 1. The molecule has 1 aromatic rings. The standard InChI is InChI=1S/C13H18Br2O/c1-5-13(2,3)12(15)9-6-7-11(16-4)10(14)8-9/h6-8,12H,5H2,1-4H3. The van der Waals surface area contributed by atoms with Gasteiger partial charge in [-0.1, -0.05) is 42.8 Å². The lowest BCUT2D eigenvalue weighted by Crippen LogP contribution is -2.16. The van der Waals surface area contributed by atoms with Crippen LogP contribution in [0, 0.1) is 5.41 Å². The van der Waals surface area contributed by atoms with E-state index in [1.54, 1.807) is 7.11 Å². The highest BCUT2D eigenvalue weighted by molar-refractivity contribution is 9.10. The Morgan fingerprint density at radius 3 is 2.44 bits per heavy atom. The van der Waals surface area contributed by atoms with Gasteiger partial charge in [0.25, 0.3) is 0 Å². The lowest BCUT2D eigenvalue weighted by atomic mass is 9.83. The molecule has 0 aliphatic rings. The van der Waals surface area contributed by atoms with Crippen molar-refractivity contribution < 1.29 is 4.74 Å².